The molecular weight excluding hydrogens is 228 g/mol. The maximum atomic E-state index is 5.80. The zero-order chi connectivity index (χ0) is 13.0. The zero-order valence-corrected chi connectivity index (χ0v) is 10.8. The molecule has 0 N–H and O–H groups in total. The highest BCUT2D eigenvalue weighted by Crippen LogP contribution is 2.34. The summed E-state index contributed by atoms with van der Waals surface area (Å²) in [6.45, 7) is 1.99. The topological polar surface area (TPSA) is 27.7 Å². The first-order valence-corrected chi connectivity index (χ1v) is 5.70. The molecule has 0 bridgehead atoms. The summed E-state index contributed by atoms with van der Waals surface area (Å²) in [5, 5.41) is 0. The Bertz CT molecular complexity index is 518. The molecule has 94 valence electrons. The number of benzene rings is 2. The number of rotatable bonds is 4. The lowest BCUT2D eigenvalue weighted by Gasteiger charge is -2.12. The number of hydrogen-bond acceptors (Lipinski definition) is 3. The van der Waals surface area contributed by atoms with Gasteiger partial charge in [-0.15, -0.1) is 0 Å². The summed E-state index contributed by atoms with van der Waals surface area (Å²) in [5.74, 6) is 3.02. The fourth-order valence-electron chi connectivity index (χ4n) is 1.74. The highest BCUT2D eigenvalue weighted by Gasteiger charge is 2.07. The van der Waals surface area contributed by atoms with Crippen LogP contribution in [0.2, 0.25) is 0 Å². The average Bonchev–Trinajstić information content (AvgIpc) is 2.40. The summed E-state index contributed by atoms with van der Waals surface area (Å²) in [4.78, 5) is 0. The third-order valence-corrected chi connectivity index (χ3v) is 2.67. The highest BCUT2D eigenvalue weighted by atomic mass is 16.5. The van der Waals surface area contributed by atoms with E-state index >= 15 is 0 Å². The number of methoxy groups -OCH3 is 2. The first kappa shape index (κ1) is 12.3. The minimum Gasteiger partial charge on any atom is -0.497 e. The van der Waals surface area contributed by atoms with E-state index < -0.39 is 0 Å². The van der Waals surface area contributed by atoms with Gasteiger partial charge in [0.15, 0.2) is 11.5 Å². The van der Waals surface area contributed by atoms with Gasteiger partial charge in [0.05, 0.1) is 14.2 Å². The van der Waals surface area contributed by atoms with Gasteiger partial charge in [-0.1, -0.05) is 12.1 Å². The molecule has 0 aromatic heterocycles. The van der Waals surface area contributed by atoms with Gasteiger partial charge < -0.3 is 14.2 Å². The van der Waals surface area contributed by atoms with E-state index in [-0.39, 0.29) is 0 Å². The van der Waals surface area contributed by atoms with E-state index in [9.17, 15) is 0 Å². The molecule has 0 aliphatic heterocycles. The van der Waals surface area contributed by atoms with Gasteiger partial charge in [0, 0.05) is 0 Å². The molecular formula is C15H16O3. The Kier molecular flexibility index (Phi) is 3.72. The average molecular weight is 244 g/mol. The van der Waals surface area contributed by atoms with Crippen LogP contribution < -0.4 is 14.2 Å². The smallest absolute Gasteiger partial charge is 0.169 e. The van der Waals surface area contributed by atoms with Crippen molar-refractivity contribution in [2.75, 3.05) is 14.2 Å². The van der Waals surface area contributed by atoms with Crippen LogP contribution in [0.25, 0.3) is 0 Å². The number of para-hydroxylation sites is 1. The maximum absolute atomic E-state index is 5.80. The number of ether oxygens (including phenoxy) is 3. The fourth-order valence-corrected chi connectivity index (χ4v) is 1.74. The van der Waals surface area contributed by atoms with E-state index in [1.807, 2.05) is 49.4 Å². The standard InChI is InChI=1S/C15H16O3/c1-11-5-4-6-14(15(11)17-3)18-13-9-7-12(16-2)8-10-13/h4-10H,1-3H3. The second-order valence-corrected chi connectivity index (χ2v) is 3.88. The third-order valence-electron chi connectivity index (χ3n) is 2.67. The lowest BCUT2D eigenvalue weighted by atomic mass is 10.2. The molecule has 0 fully saturated rings. The van der Waals surface area contributed by atoms with Gasteiger partial charge in [0.1, 0.15) is 11.5 Å². The van der Waals surface area contributed by atoms with Crippen molar-refractivity contribution < 1.29 is 14.2 Å². The van der Waals surface area contributed by atoms with E-state index in [4.69, 9.17) is 14.2 Å². The van der Waals surface area contributed by atoms with Crippen molar-refractivity contribution in [2.45, 2.75) is 6.92 Å². The minimum atomic E-state index is 0.711. The van der Waals surface area contributed by atoms with Gasteiger partial charge in [-0.3, -0.25) is 0 Å². The van der Waals surface area contributed by atoms with Crippen molar-refractivity contribution in [1.82, 2.24) is 0 Å². The maximum Gasteiger partial charge on any atom is 0.169 e. The van der Waals surface area contributed by atoms with Crippen LogP contribution in [0, 0.1) is 6.92 Å². The third kappa shape index (κ3) is 2.56. The summed E-state index contributed by atoms with van der Waals surface area (Å²) in [6, 6.07) is 13.3. The van der Waals surface area contributed by atoms with Gasteiger partial charge >= 0.3 is 0 Å². The van der Waals surface area contributed by atoms with Crippen LogP contribution in [0.15, 0.2) is 42.5 Å². The second-order valence-electron chi connectivity index (χ2n) is 3.88. The first-order chi connectivity index (χ1) is 8.74. The Morgan fingerprint density at radius 1 is 0.778 bits per heavy atom. The SMILES string of the molecule is COc1ccc(Oc2cccc(C)c2OC)cc1. The highest BCUT2D eigenvalue weighted by molar-refractivity contribution is 5.48. The molecule has 0 unspecified atom stereocenters. The van der Waals surface area contributed by atoms with E-state index in [0.29, 0.717) is 5.75 Å². The predicted octanol–water partition coefficient (Wildman–Crippen LogP) is 3.80. The molecule has 0 aliphatic rings. The monoisotopic (exact) mass is 244 g/mol. The molecule has 2 aromatic rings. The molecule has 2 aromatic carbocycles. The molecule has 0 amide bonds. The van der Waals surface area contributed by atoms with Gasteiger partial charge in [-0.2, -0.15) is 0 Å². The summed E-state index contributed by atoms with van der Waals surface area (Å²) in [6.07, 6.45) is 0. The van der Waals surface area contributed by atoms with Crippen LogP contribution in [0.1, 0.15) is 5.56 Å². The molecule has 3 nitrogen and oxygen atoms in total. The van der Waals surface area contributed by atoms with Crippen LogP contribution in [0.4, 0.5) is 0 Å². The van der Waals surface area contributed by atoms with Crippen molar-refractivity contribution >= 4 is 0 Å². The summed E-state index contributed by atoms with van der Waals surface area (Å²) in [7, 11) is 3.28. The molecule has 18 heavy (non-hydrogen) atoms. The molecule has 0 heterocycles. The lowest BCUT2D eigenvalue weighted by molar-refractivity contribution is 0.375. The Morgan fingerprint density at radius 2 is 1.44 bits per heavy atom. The Hall–Kier alpha value is -2.16. The first-order valence-electron chi connectivity index (χ1n) is 5.70. The Labute approximate surface area is 107 Å². The van der Waals surface area contributed by atoms with Crippen molar-refractivity contribution in [1.29, 1.82) is 0 Å². The van der Waals surface area contributed by atoms with Gasteiger partial charge in [0.2, 0.25) is 0 Å². The van der Waals surface area contributed by atoms with Crippen molar-refractivity contribution in [3.63, 3.8) is 0 Å². The van der Waals surface area contributed by atoms with Crippen LogP contribution in [0.5, 0.6) is 23.0 Å². The van der Waals surface area contributed by atoms with Gasteiger partial charge in [-0.25, -0.2) is 0 Å². The minimum absolute atomic E-state index is 0.711. The van der Waals surface area contributed by atoms with Crippen LogP contribution >= 0.6 is 0 Å². The molecule has 0 saturated heterocycles. The van der Waals surface area contributed by atoms with E-state index in [1.165, 1.54) is 0 Å². The zero-order valence-electron chi connectivity index (χ0n) is 10.8. The molecule has 3 heteroatoms. The van der Waals surface area contributed by atoms with Crippen LogP contribution in [0.3, 0.4) is 0 Å². The van der Waals surface area contributed by atoms with E-state index in [2.05, 4.69) is 0 Å². The normalized spacial score (nSPS) is 9.94. The molecule has 2 rings (SSSR count). The summed E-state index contributed by atoms with van der Waals surface area (Å²) >= 11 is 0. The molecule has 0 aliphatic carbocycles. The second kappa shape index (κ2) is 5.45. The largest absolute Gasteiger partial charge is 0.497 e. The Balaban J connectivity index is 2.25. The van der Waals surface area contributed by atoms with Crippen LogP contribution in [-0.2, 0) is 0 Å². The summed E-state index contributed by atoms with van der Waals surface area (Å²) < 4.78 is 16.2. The van der Waals surface area contributed by atoms with E-state index in [0.717, 1.165) is 22.8 Å². The van der Waals surface area contributed by atoms with Crippen molar-refractivity contribution in [3.05, 3.63) is 48.0 Å². The number of aryl methyl sites for hydroxylation is 1. The molecule has 0 atom stereocenters. The van der Waals surface area contributed by atoms with Crippen LogP contribution in [-0.4, -0.2) is 14.2 Å². The fraction of sp³-hybridized carbons (Fsp3) is 0.200. The van der Waals surface area contributed by atoms with E-state index in [1.54, 1.807) is 14.2 Å². The molecule has 0 spiro atoms. The Morgan fingerprint density at radius 3 is 2.06 bits per heavy atom. The van der Waals surface area contributed by atoms with Gasteiger partial charge in [0.25, 0.3) is 0 Å². The van der Waals surface area contributed by atoms with Crippen molar-refractivity contribution in [2.24, 2.45) is 0 Å². The molecule has 0 saturated carbocycles. The molecule has 0 radical (unpaired) electrons. The lowest BCUT2D eigenvalue weighted by Crippen LogP contribution is -1.92. The summed E-state index contributed by atoms with van der Waals surface area (Å²) in [5.41, 5.74) is 1.04. The van der Waals surface area contributed by atoms with Gasteiger partial charge in [-0.05, 0) is 42.8 Å². The quantitative estimate of drug-likeness (QED) is 0.818. The number of hydrogen-bond donors (Lipinski definition) is 0. The predicted molar refractivity (Wildman–Crippen MR) is 70.8 cm³/mol. The van der Waals surface area contributed by atoms with Crippen molar-refractivity contribution in [3.8, 4) is 23.0 Å².